The number of carboxylic acids is 1. The number of hydrogen-bond donors (Lipinski definition) is 2. The van der Waals surface area contributed by atoms with Gasteiger partial charge in [0.15, 0.2) is 0 Å². The van der Waals surface area contributed by atoms with Crippen LogP contribution in [0.2, 0.25) is 0 Å². The Balaban J connectivity index is 1.17. The van der Waals surface area contributed by atoms with E-state index in [9.17, 15) is 19.5 Å². The summed E-state index contributed by atoms with van der Waals surface area (Å²) < 4.78 is 5.64. The van der Waals surface area contributed by atoms with Gasteiger partial charge in [0.2, 0.25) is 5.91 Å². The molecule has 7 nitrogen and oxygen atoms in total. The van der Waals surface area contributed by atoms with Crippen LogP contribution in [0.3, 0.4) is 0 Å². The number of benzene rings is 2. The quantitative estimate of drug-likeness (QED) is 0.726. The van der Waals surface area contributed by atoms with Crippen LogP contribution in [0.1, 0.15) is 49.1 Å². The molecule has 1 saturated carbocycles. The van der Waals surface area contributed by atoms with Gasteiger partial charge in [0.1, 0.15) is 12.6 Å². The third-order valence-electron chi connectivity index (χ3n) is 7.28. The summed E-state index contributed by atoms with van der Waals surface area (Å²) >= 11 is 0. The Kier molecular flexibility index (Phi) is 5.79. The van der Waals surface area contributed by atoms with Crippen molar-refractivity contribution in [1.29, 1.82) is 0 Å². The summed E-state index contributed by atoms with van der Waals surface area (Å²) in [6, 6.07) is 15.6. The lowest BCUT2D eigenvalue weighted by atomic mass is 9.83. The van der Waals surface area contributed by atoms with Crippen LogP contribution in [0.4, 0.5) is 4.79 Å². The molecule has 2 aliphatic carbocycles. The number of fused-ring (bicyclic) bond motifs is 3. The molecule has 0 aromatic heterocycles. The van der Waals surface area contributed by atoms with Crippen molar-refractivity contribution >= 4 is 18.0 Å². The van der Waals surface area contributed by atoms with Crippen LogP contribution in [0.15, 0.2) is 48.5 Å². The molecule has 7 heteroatoms. The number of carbonyl (C=O) groups is 3. The average molecular weight is 449 g/mol. The van der Waals surface area contributed by atoms with Crippen LogP contribution in [-0.2, 0) is 14.3 Å². The van der Waals surface area contributed by atoms with Gasteiger partial charge in [-0.1, -0.05) is 55.0 Å². The van der Waals surface area contributed by atoms with E-state index in [1.54, 1.807) is 0 Å². The third-order valence-corrected chi connectivity index (χ3v) is 7.28. The summed E-state index contributed by atoms with van der Waals surface area (Å²) in [6.45, 7) is 0.750. The first-order valence-electron chi connectivity index (χ1n) is 11.7. The van der Waals surface area contributed by atoms with Crippen molar-refractivity contribution in [3.63, 3.8) is 0 Å². The Bertz CT molecular complexity index is 1040. The van der Waals surface area contributed by atoms with Crippen molar-refractivity contribution in [2.45, 2.75) is 50.1 Å². The van der Waals surface area contributed by atoms with Crippen LogP contribution >= 0.6 is 0 Å². The number of aliphatic carboxylic acids is 1. The minimum atomic E-state index is -0.946. The summed E-state index contributed by atoms with van der Waals surface area (Å²) in [5, 5.41) is 12.2. The fraction of sp³-hybridized carbons (Fsp3) is 0.423. The number of hydrogen-bond acceptors (Lipinski definition) is 4. The van der Waals surface area contributed by atoms with Crippen molar-refractivity contribution in [2.24, 2.45) is 5.92 Å². The maximum Gasteiger partial charge on any atom is 0.407 e. The zero-order valence-electron chi connectivity index (χ0n) is 18.4. The molecule has 2 N–H and O–H groups in total. The van der Waals surface area contributed by atoms with Crippen LogP contribution in [0, 0.1) is 5.92 Å². The number of carboxylic acid groups (broad SMARTS) is 1. The molecule has 5 rings (SSSR count). The first-order chi connectivity index (χ1) is 16.0. The summed E-state index contributed by atoms with van der Waals surface area (Å²) in [7, 11) is 0. The highest BCUT2D eigenvalue weighted by molar-refractivity contribution is 5.87. The normalized spacial score (nSPS) is 23.8. The van der Waals surface area contributed by atoms with Gasteiger partial charge in [0.05, 0.1) is 0 Å². The Morgan fingerprint density at radius 2 is 1.64 bits per heavy atom. The van der Waals surface area contributed by atoms with Crippen molar-refractivity contribution in [3.05, 3.63) is 59.7 Å². The summed E-state index contributed by atoms with van der Waals surface area (Å²) in [6.07, 6.45) is 2.89. The Morgan fingerprint density at radius 3 is 2.24 bits per heavy atom. The van der Waals surface area contributed by atoms with E-state index in [-0.39, 0.29) is 30.4 Å². The predicted molar refractivity (Wildman–Crippen MR) is 122 cm³/mol. The summed E-state index contributed by atoms with van der Waals surface area (Å²) in [5.41, 5.74) is 4.69. The molecule has 1 unspecified atom stereocenters. The zero-order chi connectivity index (χ0) is 22.9. The molecule has 2 aromatic carbocycles. The molecule has 1 heterocycles. The van der Waals surface area contributed by atoms with Crippen LogP contribution in [0.25, 0.3) is 11.1 Å². The van der Waals surface area contributed by atoms with E-state index in [2.05, 4.69) is 29.6 Å². The highest BCUT2D eigenvalue weighted by Gasteiger charge is 2.41. The van der Waals surface area contributed by atoms with E-state index in [1.165, 1.54) is 16.0 Å². The smallest absolute Gasteiger partial charge is 0.407 e. The van der Waals surface area contributed by atoms with Gasteiger partial charge >= 0.3 is 12.1 Å². The van der Waals surface area contributed by atoms with Gasteiger partial charge in [-0.2, -0.15) is 0 Å². The first kappa shape index (κ1) is 21.5. The maximum atomic E-state index is 12.8. The van der Waals surface area contributed by atoms with Gasteiger partial charge in [-0.15, -0.1) is 0 Å². The molecular weight excluding hydrogens is 420 g/mol. The predicted octanol–water partition coefficient (Wildman–Crippen LogP) is 3.77. The average Bonchev–Trinajstić information content (AvgIpc) is 3.10. The van der Waals surface area contributed by atoms with Gasteiger partial charge in [-0.25, -0.2) is 9.59 Å². The standard InChI is InChI=1S/C26H28N2O5/c29-24(28-13-12-23(28)25(30)31)16-6-5-7-17(14-16)27-26(32)33-15-22-20-10-3-1-8-18(20)19-9-2-4-11-21(19)22/h1-4,8-11,16-17,22-23H,5-7,12-15H2,(H,27,32)(H,30,31)/t16-,17+,23?/m0/s1. The number of likely N-dealkylation sites (tertiary alicyclic amines) is 1. The number of nitrogens with zero attached hydrogens (tertiary/aromatic N) is 1. The van der Waals surface area contributed by atoms with E-state index in [0.717, 1.165) is 30.4 Å². The maximum absolute atomic E-state index is 12.8. The first-order valence-corrected chi connectivity index (χ1v) is 11.7. The highest BCUT2D eigenvalue weighted by atomic mass is 16.5. The number of carbonyl (C=O) groups excluding carboxylic acids is 2. The molecule has 2 fully saturated rings. The largest absolute Gasteiger partial charge is 0.480 e. The molecule has 0 spiro atoms. The number of alkyl carbamates (subject to hydrolysis) is 1. The Labute approximate surface area is 192 Å². The van der Waals surface area contributed by atoms with Gasteiger partial charge in [-0.3, -0.25) is 4.79 Å². The van der Waals surface area contributed by atoms with Crippen LogP contribution < -0.4 is 5.32 Å². The molecular formula is C26H28N2O5. The number of rotatable bonds is 5. The van der Waals surface area contributed by atoms with Crippen LogP contribution in [0.5, 0.6) is 0 Å². The topological polar surface area (TPSA) is 95.9 Å². The lowest BCUT2D eigenvalue weighted by molar-refractivity contribution is -0.160. The van der Waals surface area contributed by atoms with Gasteiger partial charge in [0.25, 0.3) is 0 Å². The molecule has 0 bridgehead atoms. The number of nitrogens with one attached hydrogen (secondary N) is 1. The zero-order valence-corrected chi connectivity index (χ0v) is 18.4. The molecule has 0 radical (unpaired) electrons. The fourth-order valence-electron chi connectivity index (χ4n) is 5.49. The van der Waals surface area contributed by atoms with Crippen molar-refractivity contribution < 1.29 is 24.2 Å². The van der Waals surface area contributed by atoms with E-state index < -0.39 is 18.1 Å². The molecule has 3 aliphatic rings. The molecule has 1 saturated heterocycles. The molecule has 2 aromatic rings. The lowest BCUT2D eigenvalue weighted by Gasteiger charge is -2.41. The van der Waals surface area contributed by atoms with E-state index in [4.69, 9.17) is 4.74 Å². The summed E-state index contributed by atoms with van der Waals surface area (Å²) in [5.74, 6) is -1.30. The van der Waals surface area contributed by atoms with Crippen LogP contribution in [-0.4, -0.2) is 53.2 Å². The second-order valence-corrected chi connectivity index (χ2v) is 9.20. The summed E-state index contributed by atoms with van der Waals surface area (Å²) in [4.78, 5) is 38.1. The molecule has 1 aliphatic heterocycles. The van der Waals surface area contributed by atoms with Crippen molar-refractivity contribution in [2.75, 3.05) is 13.2 Å². The third kappa shape index (κ3) is 4.08. The number of ether oxygens (including phenoxy) is 1. The minimum Gasteiger partial charge on any atom is -0.480 e. The van der Waals surface area contributed by atoms with E-state index in [0.29, 0.717) is 19.4 Å². The SMILES string of the molecule is O=C(N[C@@H]1CCC[C@H](C(=O)N2CCC2C(=O)O)C1)OCC1c2ccccc2-c2ccccc21. The Hall–Kier alpha value is -3.35. The van der Waals surface area contributed by atoms with E-state index in [1.807, 2.05) is 24.3 Å². The van der Waals surface area contributed by atoms with Gasteiger partial charge < -0.3 is 20.1 Å². The fourth-order valence-corrected chi connectivity index (χ4v) is 5.49. The van der Waals surface area contributed by atoms with Gasteiger partial charge in [0, 0.05) is 24.4 Å². The van der Waals surface area contributed by atoms with Crippen molar-refractivity contribution in [1.82, 2.24) is 10.2 Å². The highest BCUT2D eigenvalue weighted by Crippen LogP contribution is 2.44. The minimum absolute atomic E-state index is 0.00296. The molecule has 2 amide bonds. The number of amides is 2. The molecule has 33 heavy (non-hydrogen) atoms. The van der Waals surface area contributed by atoms with Crippen molar-refractivity contribution in [3.8, 4) is 11.1 Å². The second kappa shape index (κ2) is 8.89. The second-order valence-electron chi connectivity index (χ2n) is 9.20. The van der Waals surface area contributed by atoms with E-state index >= 15 is 0 Å². The monoisotopic (exact) mass is 448 g/mol. The lowest BCUT2D eigenvalue weighted by Crippen LogP contribution is -2.57. The molecule has 172 valence electrons. The molecule has 3 atom stereocenters. The van der Waals surface area contributed by atoms with Gasteiger partial charge in [-0.05, 0) is 47.9 Å². The Morgan fingerprint density at radius 1 is 0.970 bits per heavy atom.